The molecule has 0 spiro atoms. The first-order chi connectivity index (χ1) is 10.4. The maximum atomic E-state index is 12.1. The van der Waals surface area contributed by atoms with E-state index < -0.39 is 17.6 Å². The third-order valence-electron chi connectivity index (χ3n) is 2.76. The van der Waals surface area contributed by atoms with Crippen LogP contribution in [0, 0.1) is 0 Å². The summed E-state index contributed by atoms with van der Waals surface area (Å²) in [5, 5.41) is 0.566. The van der Waals surface area contributed by atoms with E-state index in [1.807, 2.05) is 0 Å². The Labute approximate surface area is 125 Å². The van der Waals surface area contributed by atoms with Gasteiger partial charge in [0.15, 0.2) is 0 Å². The quantitative estimate of drug-likeness (QED) is 0.628. The molecule has 0 aliphatic heterocycles. The molecule has 1 aromatic heterocycles. The third-order valence-corrected chi connectivity index (χ3v) is 2.76. The predicted molar refractivity (Wildman–Crippen MR) is 75.8 cm³/mol. The molecule has 0 unspecified atom stereocenters. The first kappa shape index (κ1) is 15.6. The predicted octanol–water partition coefficient (Wildman–Crippen LogP) is 1.79. The Hall–Kier alpha value is -2.83. The molecule has 0 aliphatic rings. The topological polar surface area (TPSA) is 92.0 Å². The van der Waals surface area contributed by atoms with Crippen molar-refractivity contribution in [2.24, 2.45) is 0 Å². The lowest BCUT2D eigenvalue weighted by Gasteiger charge is -2.09. The van der Waals surface area contributed by atoms with Crippen LogP contribution in [0.3, 0.4) is 0 Å². The summed E-state index contributed by atoms with van der Waals surface area (Å²) in [7, 11) is 1.45. The summed E-state index contributed by atoms with van der Waals surface area (Å²) in [4.78, 5) is 34.1. The van der Waals surface area contributed by atoms with E-state index in [0.29, 0.717) is 11.1 Å². The van der Waals surface area contributed by atoms with E-state index in [1.165, 1.54) is 33.1 Å². The highest BCUT2D eigenvalue weighted by atomic mass is 16.5. The van der Waals surface area contributed by atoms with Crippen LogP contribution in [0.1, 0.15) is 19.6 Å². The highest BCUT2D eigenvalue weighted by Crippen LogP contribution is 2.30. The van der Waals surface area contributed by atoms with Gasteiger partial charge >= 0.3 is 17.6 Å². The van der Waals surface area contributed by atoms with Crippen molar-refractivity contribution in [3.63, 3.8) is 0 Å². The SMILES string of the molecule is COc1cc(OC(C)=O)c2c(=O)oc(COC(C)=O)cc2c1. The number of hydrogen-bond donors (Lipinski definition) is 0. The Bertz CT molecular complexity index is 788. The van der Waals surface area contributed by atoms with Crippen molar-refractivity contribution >= 4 is 22.7 Å². The fraction of sp³-hybridized carbons (Fsp3) is 0.267. The molecule has 116 valence electrons. The normalized spacial score (nSPS) is 10.3. The molecule has 2 rings (SSSR count). The Morgan fingerprint density at radius 1 is 1.14 bits per heavy atom. The summed E-state index contributed by atoms with van der Waals surface area (Å²) in [6.45, 7) is 2.31. The lowest BCUT2D eigenvalue weighted by Crippen LogP contribution is -2.09. The molecular formula is C15H14O7. The van der Waals surface area contributed by atoms with Crippen LogP contribution in [0.15, 0.2) is 27.4 Å². The number of benzene rings is 1. The van der Waals surface area contributed by atoms with Crippen LogP contribution in [0.2, 0.25) is 0 Å². The number of methoxy groups -OCH3 is 1. The zero-order valence-electron chi connectivity index (χ0n) is 12.3. The molecule has 1 aromatic carbocycles. The van der Waals surface area contributed by atoms with Crippen LogP contribution in [-0.4, -0.2) is 19.0 Å². The molecule has 0 aliphatic carbocycles. The molecule has 0 amide bonds. The van der Waals surface area contributed by atoms with Crippen molar-refractivity contribution in [2.45, 2.75) is 20.5 Å². The van der Waals surface area contributed by atoms with Crippen molar-refractivity contribution in [2.75, 3.05) is 7.11 Å². The number of fused-ring (bicyclic) bond motifs is 1. The maximum Gasteiger partial charge on any atom is 0.347 e. The summed E-state index contributed by atoms with van der Waals surface area (Å²) in [5.74, 6) is -0.427. The van der Waals surface area contributed by atoms with Crippen molar-refractivity contribution in [1.29, 1.82) is 0 Å². The van der Waals surface area contributed by atoms with Crippen molar-refractivity contribution in [3.8, 4) is 11.5 Å². The summed E-state index contributed by atoms with van der Waals surface area (Å²) in [6, 6.07) is 4.54. The Kier molecular flexibility index (Phi) is 4.45. The second-order valence-electron chi connectivity index (χ2n) is 4.46. The smallest absolute Gasteiger partial charge is 0.347 e. The second kappa shape index (κ2) is 6.30. The lowest BCUT2D eigenvalue weighted by atomic mass is 10.1. The van der Waals surface area contributed by atoms with E-state index >= 15 is 0 Å². The molecule has 1 heterocycles. The van der Waals surface area contributed by atoms with Gasteiger partial charge < -0.3 is 18.6 Å². The molecule has 0 fully saturated rings. The molecule has 0 N–H and O–H groups in total. The van der Waals surface area contributed by atoms with Crippen molar-refractivity contribution < 1.29 is 28.2 Å². The van der Waals surface area contributed by atoms with Gasteiger partial charge in [-0.2, -0.15) is 0 Å². The van der Waals surface area contributed by atoms with Crippen LogP contribution in [0.25, 0.3) is 10.8 Å². The van der Waals surface area contributed by atoms with Gasteiger partial charge in [0.25, 0.3) is 0 Å². The molecule has 0 saturated heterocycles. The Balaban J connectivity index is 2.59. The Morgan fingerprint density at radius 3 is 2.45 bits per heavy atom. The van der Waals surface area contributed by atoms with E-state index in [9.17, 15) is 14.4 Å². The van der Waals surface area contributed by atoms with Gasteiger partial charge in [0.2, 0.25) is 0 Å². The fourth-order valence-corrected chi connectivity index (χ4v) is 1.91. The molecule has 0 bridgehead atoms. The van der Waals surface area contributed by atoms with E-state index in [2.05, 4.69) is 0 Å². The van der Waals surface area contributed by atoms with Gasteiger partial charge in [0.1, 0.15) is 29.3 Å². The molecule has 7 nitrogen and oxygen atoms in total. The molecule has 0 saturated carbocycles. The number of esters is 2. The number of carbonyl (C=O) groups is 2. The van der Waals surface area contributed by atoms with Gasteiger partial charge in [-0.05, 0) is 17.5 Å². The van der Waals surface area contributed by atoms with Gasteiger partial charge in [0.05, 0.1) is 7.11 Å². The largest absolute Gasteiger partial charge is 0.497 e. The molecule has 22 heavy (non-hydrogen) atoms. The van der Waals surface area contributed by atoms with E-state index in [4.69, 9.17) is 18.6 Å². The summed E-state index contributed by atoms with van der Waals surface area (Å²) < 4.78 is 20.0. The lowest BCUT2D eigenvalue weighted by molar-refractivity contribution is -0.142. The first-order valence-corrected chi connectivity index (χ1v) is 6.37. The zero-order valence-corrected chi connectivity index (χ0v) is 12.3. The standard InChI is InChI=1S/C15H14O7/c1-8(16)20-7-12-5-10-4-11(19-3)6-13(21-9(2)17)14(10)15(18)22-12/h4-6H,7H2,1-3H3. The van der Waals surface area contributed by atoms with Crippen LogP contribution in [0.4, 0.5) is 0 Å². The minimum absolute atomic E-state index is 0.0506. The molecule has 2 aromatic rings. The average Bonchev–Trinajstić information content (AvgIpc) is 2.43. The Morgan fingerprint density at radius 2 is 1.86 bits per heavy atom. The van der Waals surface area contributed by atoms with Crippen LogP contribution in [0.5, 0.6) is 11.5 Å². The van der Waals surface area contributed by atoms with Gasteiger partial charge in [-0.3, -0.25) is 9.59 Å². The minimum Gasteiger partial charge on any atom is -0.497 e. The first-order valence-electron chi connectivity index (χ1n) is 6.37. The number of ether oxygens (including phenoxy) is 3. The van der Waals surface area contributed by atoms with Gasteiger partial charge in [-0.15, -0.1) is 0 Å². The molecule has 0 radical (unpaired) electrons. The van der Waals surface area contributed by atoms with E-state index in [1.54, 1.807) is 6.07 Å². The molecular weight excluding hydrogens is 292 g/mol. The number of rotatable bonds is 4. The highest BCUT2D eigenvalue weighted by molar-refractivity contribution is 5.90. The number of carbonyl (C=O) groups excluding carboxylic acids is 2. The zero-order chi connectivity index (χ0) is 16.3. The van der Waals surface area contributed by atoms with Crippen LogP contribution in [-0.2, 0) is 20.9 Å². The summed E-state index contributed by atoms with van der Waals surface area (Å²) in [6.07, 6.45) is 0. The van der Waals surface area contributed by atoms with Gasteiger partial charge in [0, 0.05) is 19.9 Å². The third kappa shape index (κ3) is 3.43. The maximum absolute atomic E-state index is 12.1. The second-order valence-corrected chi connectivity index (χ2v) is 4.46. The highest BCUT2D eigenvalue weighted by Gasteiger charge is 2.15. The average molecular weight is 306 g/mol. The fourth-order valence-electron chi connectivity index (χ4n) is 1.91. The molecule has 7 heteroatoms. The summed E-state index contributed by atoms with van der Waals surface area (Å²) in [5.41, 5.74) is -0.696. The van der Waals surface area contributed by atoms with E-state index in [-0.39, 0.29) is 23.5 Å². The van der Waals surface area contributed by atoms with Crippen LogP contribution < -0.4 is 15.1 Å². The van der Waals surface area contributed by atoms with Crippen molar-refractivity contribution in [1.82, 2.24) is 0 Å². The monoisotopic (exact) mass is 306 g/mol. The van der Waals surface area contributed by atoms with Crippen molar-refractivity contribution in [3.05, 3.63) is 34.4 Å². The minimum atomic E-state index is -0.696. The van der Waals surface area contributed by atoms with Crippen LogP contribution >= 0.6 is 0 Å². The molecule has 0 atom stereocenters. The van der Waals surface area contributed by atoms with Gasteiger partial charge in [-0.1, -0.05) is 0 Å². The number of hydrogen-bond acceptors (Lipinski definition) is 7. The summed E-state index contributed by atoms with van der Waals surface area (Å²) >= 11 is 0. The van der Waals surface area contributed by atoms with E-state index in [0.717, 1.165) is 0 Å². The van der Waals surface area contributed by atoms with Gasteiger partial charge in [-0.25, -0.2) is 4.79 Å².